The normalized spacial score (nSPS) is 30.9. The lowest BCUT2D eigenvalue weighted by Gasteiger charge is -2.32. The molecule has 114 valence electrons. The van der Waals surface area contributed by atoms with Gasteiger partial charge in [-0.25, -0.2) is 4.79 Å². The number of amides is 2. The van der Waals surface area contributed by atoms with Crippen LogP contribution >= 0.6 is 0 Å². The minimum Gasteiger partial charge on any atom is -0.481 e. The van der Waals surface area contributed by atoms with Gasteiger partial charge in [0.25, 0.3) is 0 Å². The van der Waals surface area contributed by atoms with Crippen LogP contribution in [0.15, 0.2) is 0 Å². The van der Waals surface area contributed by atoms with Gasteiger partial charge in [0.05, 0.1) is 5.92 Å². The first-order valence-electron chi connectivity index (χ1n) is 7.82. The Labute approximate surface area is 120 Å². The highest BCUT2D eigenvalue weighted by molar-refractivity contribution is 5.74. The van der Waals surface area contributed by atoms with E-state index in [0.717, 1.165) is 45.2 Å². The lowest BCUT2D eigenvalue weighted by atomic mass is 9.82. The van der Waals surface area contributed by atoms with Crippen molar-refractivity contribution in [2.75, 3.05) is 19.6 Å². The highest BCUT2D eigenvalue weighted by atomic mass is 16.4. The average molecular weight is 282 g/mol. The Kier molecular flexibility index (Phi) is 5.26. The van der Waals surface area contributed by atoms with E-state index < -0.39 is 5.97 Å². The van der Waals surface area contributed by atoms with Crippen molar-refractivity contribution in [2.45, 2.75) is 45.4 Å². The quantitative estimate of drug-likeness (QED) is 0.834. The van der Waals surface area contributed by atoms with Gasteiger partial charge >= 0.3 is 12.0 Å². The van der Waals surface area contributed by atoms with Crippen LogP contribution in [0, 0.1) is 17.8 Å². The zero-order valence-corrected chi connectivity index (χ0v) is 12.3. The summed E-state index contributed by atoms with van der Waals surface area (Å²) in [4.78, 5) is 24.9. The van der Waals surface area contributed by atoms with Crippen molar-refractivity contribution in [3.05, 3.63) is 0 Å². The fourth-order valence-electron chi connectivity index (χ4n) is 3.33. The van der Waals surface area contributed by atoms with Gasteiger partial charge in [-0.2, -0.15) is 0 Å². The summed E-state index contributed by atoms with van der Waals surface area (Å²) >= 11 is 0. The van der Waals surface area contributed by atoms with Crippen molar-refractivity contribution in [1.82, 2.24) is 10.2 Å². The number of likely N-dealkylation sites (tertiary alicyclic amines) is 1. The zero-order valence-electron chi connectivity index (χ0n) is 12.3. The Morgan fingerprint density at radius 1 is 1.20 bits per heavy atom. The molecule has 5 nitrogen and oxygen atoms in total. The van der Waals surface area contributed by atoms with Crippen LogP contribution in [0.4, 0.5) is 4.79 Å². The van der Waals surface area contributed by atoms with Gasteiger partial charge in [-0.1, -0.05) is 6.92 Å². The molecule has 0 aromatic carbocycles. The van der Waals surface area contributed by atoms with E-state index in [0.29, 0.717) is 18.4 Å². The molecule has 1 atom stereocenters. The summed E-state index contributed by atoms with van der Waals surface area (Å²) < 4.78 is 0. The van der Waals surface area contributed by atoms with Gasteiger partial charge in [-0.05, 0) is 50.4 Å². The van der Waals surface area contributed by atoms with Crippen LogP contribution in [0.25, 0.3) is 0 Å². The molecule has 2 N–H and O–H groups in total. The van der Waals surface area contributed by atoms with Crippen LogP contribution in [0.1, 0.15) is 45.4 Å². The summed E-state index contributed by atoms with van der Waals surface area (Å²) in [7, 11) is 0. The molecule has 1 saturated heterocycles. The molecule has 0 bridgehead atoms. The van der Waals surface area contributed by atoms with Crippen LogP contribution < -0.4 is 5.32 Å². The molecular formula is C15H26N2O3. The van der Waals surface area contributed by atoms with Crippen LogP contribution in [-0.4, -0.2) is 41.6 Å². The molecule has 5 heteroatoms. The first-order valence-corrected chi connectivity index (χ1v) is 7.82. The monoisotopic (exact) mass is 282 g/mol. The molecule has 2 amide bonds. The number of rotatable bonds is 3. The summed E-state index contributed by atoms with van der Waals surface area (Å²) in [6.07, 6.45) is 5.62. The minimum atomic E-state index is -0.671. The van der Waals surface area contributed by atoms with Crippen LogP contribution in [0.5, 0.6) is 0 Å². The number of carboxylic acids is 1. The van der Waals surface area contributed by atoms with E-state index in [1.54, 1.807) is 0 Å². The van der Waals surface area contributed by atoms with Crippen molar-refractivity contribution in [3.63, 3.8) is 0 Å². The van der Waals surface area contributed by atoms with Gasteiger partial charge in [0.15, 0.2) is 0 Å². The number of urea groups is 1. The molecule has 0 aromatic rings. The number of hydrogen-bond donors (Lipinski definition) is 2. The number of nitrogens with zero attached hydrogens (tertiary/aromatic N) is 1. The van der Waals surface area contributed by atoms with Crippen LogP contribution in [0.2, 0.25) is 0 Å². The summed E-state index contributed by atoms with van der Waals surface area (Å²) in [5, 5.41) is 12.0. The Morgan fingerprint density at radius 2 is 1.90 bits per heavy atom. The second kappa shape index (κ2) is 6.95. The first kappa shape index (κ1) is 15.1. The Hall–Kier alpha value is -1.26. The number of nitrogens with one attached hydrogen (secondary N) is 1. The molecule has 0 spiro atoms. The van der Waals surface area contributed by atoms with E-state index in [2.05, 4.69) is 12.2 Å². The van der Waals surface area contributed by atoms with E-state index in [1.807, 2.05) is 4.90 Å². The molecule has 2 fully saturated rings. The Morgan fingerprint density at radius 3 is 2.50 bits per heavy atom. The molecule has 0 radical (unpaired) electrons. The highest BCUT2D eigenvalue weighted by Crippen LogP contribution is 2.28. The summed E-state index contributed by atoms with van der Waals surface area (Å²) in [6, 6.07) is 0.0527. The lowest BCUT2D eigenvalue weighted by Crippen LogP contribution is -2.46. The molecule has 2 rings (SSSR count). The zero-order chi connectivity index (χ0) is 14.5. The molecular weight excluding hydrogens is 256 g/mol. The van der Waals surface area contributed by atoms with Crippen LogP contribution in [-0.2, 0) is 4.79 Å². The second-order valence-corrected chi connectivity index (χ2v) is 6.44. The van der Waals surface area contributed by atoms with Gasteiger partial charge in [0, 0.05) is 19.6 Å². The summed E-state index contributed by atoms with van der Waals surface area (Å²) in [5.41, 5.74) is 0. The molecule has 1 saturated carbocycles. The third-order valence-corrected chi connectivity index (χ3v) is 4.68. The molecule has 2 aliphatic rings. The predicted molar refractivity (Wildman–Crippen MR) is 76.5 cm³/mol. The molecule has 20 heavy (non-hydrogen) atoms. The third kappa shape index (κ3) is 4.12. The molecule has 1 aliphatic carbocycles. The Balaban J connectivity index is 1.68. The van der Waals surface area contributed by atoms with E-state index in [1.165, 1.54) is 6.42 Å². The highest BCUT2D eigenvalue weighted by Gasteiger charge is 2.27. The molecule has 1 heterocycles. The maximum atomic E-state index is 12.1. The topological polar surface area (TPSA) is 69.6 Å². The van der Waals surface area contributed by atoms with Gasteiger partial charge in [-0.3, -0.25) is 4.79 Å². The molecule has 1 aliphatic heterocycles. The van der Waals surface area contributed by atoms with Crippen LogP contribution in [0.3, 0.4) is 0 Å². The number of carboxylic acid groups (broad SMARTS) is 1. The summed E-state index contributed by atoms with van der Waals surface area (Å²) in [6.45, 7) is 4.60. The molecule has 0 aromatic heterocycles. The van der Waals surface area contributed by atoms with E-state index in [-0.39, 0.29) is 11.9 Å². The lowest BCUT2D eigenvalue weighted by molar-refractivity contribution is -0.143. The number of hydrogen-bond acceptors (Lipinski definition) is 2. The van der Waals surface area contributed by atoms with Crippen molar-refractivity contribution in [1.29, 1.82) is 0 Å². The third-order valence-electron chi connectivity index (χ3n) is 4.68. The van der Waals surface area contributed by atoms with Crippen molar-refractivity contribution in [2.24, 2.45) is 17.8 Å². The Bertz CT molecular complexity index is 351. The molecule has 1 unspecified atom stereocenters. The fraction of sp³-hybridized carbons (Fsp3) is 0.867. The first-order chi connectivity index (χ1) is 9.56. The number of carbonyl (C=O) groups is 2. The average Bonchev–Trinajstić information content (AvgIpc) is 2.45. The SMILES string of the molecule is CC1CCCN(C(=O)NCC2CCC(C(=O)O)CC2)C1. The van der Waals surface area contributed by atoms with Crippen molar-refractivity contribution in [3.8, 4) is 0 Å². The maximum absolute atomic E-state index is 12.1. The van der Waals surface area contributed by atoms with Crippen molar-refractivity contribution < 1.29 is 14.7 Å². The van der Waals surface area contributed by atoms with Gasteiger partial charge in [0.1, 0.15) is 0 Å². The minimum absolute atomic E-state index is 0.0527. The fourth-order valence-corrected chi connectivity index (χ4v) is 3.33. The second-order valence-electron chi connectivity index (χ2n) is 6.44. The van der Waals surface area contributed by atoms with Gasteiger partial charge in [0.2, 0.25) is 0 Å². The van der Waals surface area contributed by atoms with E-state index in [9.17, 15) is 9.59 Å². The number of piperidine rings is 1. The largest absolute Gasteiger partial charge is 0.481 e. The van der Waals surface area contributed by atoms with E-state index in [4.69, 9.17) is 5.11 Å². The smallest absolute Gasteiger partial charge is 0.317 e. The number of aliphatic carboxylic acids is 1. The van der Waals surface area contributed by atoms with E-state index >= 15 is 0 Å². The van der Waals surface area contributed by atoms with Gasteiger partial charge in [-0.15, -0.1) is 0 Å². The maximum Gasteiger partial charge on any atom is 0.317 e. The van der Waals surface area contributed by atoms with Gasteiger partial charge < -0.3 is 15.3 Å². The standard InChI is InChI=1S/C15H26N2O3/c1-11-3-2-8-17(10-11)15(20)16-9-12-4-6-13(7-5-12)14(18)19/h11-13H,2-10H2,1H3,(H,16,20)(H,18,19). The summed E-state index contributed by atoms with van der Waals surface area (Å²) in [5.74, 6) is 0.192. The predicted octanol–water partition coefficient (Wildman–Crippen LogP) is 2.32. The van der Waals surface area contributed by atoms with Crippen molar-refractivity contribution >= 4 is 12.0 Å². The number of carbonyl (C=O) groups excluding carboxylic acids is 1.